The Morgan fingerprint density at radius 3 is 2.65 bits per heavy atom. The molecule has 1 aromatic carbocycles. The van der Waals surface area contributed by atoms with Crippen LogP contribution in [0.2, 0.25) is 0 Å². The van der Waals surface area contributed by atoms with E-state index in [1.807, 2.05) is 30.1 Å². The first kappa shape index (κ1) is 11.6. The first-order chi connectivity index (χ1) is 8.20. The van der Waals surface area contributed by atoms with Crippen LogP contribution in [0, 0.1) is 6.92 Å². The van der Waals surface area contributed by atoms with Crippen molar-refractivity contribution in [3.05, 3.63) is 53.7 Å². The second-order valence-corrected chi connectivity index (χ2v) is 4.08. The molecular formula is C14H16N2O. The van der Waals surface area contributed by atoms with Crippen molar-refractivity contribution in [2.24, 2.45) is 0 Å². The van der Waals surface area contributed by atoms with Gasteiger partial charge in [0.1, 0.15) is 5.82 Å². The number of aliphatic hydroxyl groups is 1. The summed E-state index contributed by atoms with van der Waals surface area (Å²) in [5.41, 5.74) is 3.15. The van der Waals surface area contributed by atoms with E-state index in [-0.39, 0.29) is 6.61 Å². The monoisotopic (exact) mass is 228 g/mol. The molecule has 0 aliphatic rings. The Kier molecular flexibility index (Phi) is 3.40. The lowest BCUT2D eigenvalue weighted by Crippen LogP contribution is -2.11. The highest BCUT2D eigenvalue weighted by molar-refractivity contribution is 5.59. The number of aryl methyl sites for hydroxylation is 1. The molecule has 0 unspecified atom stereocenters. The van der Waals surface area contributed by atoms with Crippen LogP contribution in [0.5, 0.6) is 0 Å². The fourth-order valence-corrected chi connectivity index (χ4v) is 1.68. The summed E-state index contributed by atoms with van der Waals surface area (Å²) in [7, 11) is 1.98. The number of hydrogen-bond donors (Lipinski definition) is 1. The van der Waals surface area contributed by atoms with E-state index in [2.05, 4.69) is 30.1 Å². The predicted molar refractivity (Wildman–Crippen MR) is 69.4 cm³/mol. The van der Waals surface area contributed by atoms with Crippen molar-refractivity contribution in [2.45, 2.75) is 13.5 Å². The molecule has 0 fully saturated rings. The van der Waals surface area contributed by atoms with E-state index >= 15 is 0 Å². The third kappa shape index (κ3) is 2.63. The third-order valence-corrected chi connectivity index (χ3v) is 2.72. The molecule has 3 heteroatoms. The predicted octanol–water partition coefficient (Wildman–Crippen LogP) is 2.65. The first-order valence-corrected chi connectivity index (χ1v) is 5.57. The van der Waals surface area contributed by atoms with Crippen LogP contribution in [0.15, 0.2) is 42.6 Å². The number of pyridine rings is 1. The average molecular weight is 228 g/mol. The molecule has 3 nitrogen and oxygen atoms in total. The molecule has 0 bridgehead atoms. The van der Waals surface area contributed by atoms with E-state index < -0.39 is 0 Å². The Morgan fingerprint density at radius 2 is 2.06 bits per heavy atom. The molecule has 0 aliphatic carbocycles. The van der Waals surface area contributed by atoms with Gasteiger partial charge in [0.25, 0.3) is 0 Å². The minimum absolute atomic E-state index is 0.0292. The maximum Gasteiger partial charge on any atom is 0.132 e. The van der Waals surface area contributed by atoms with E-state index in [0.717, 1.165) is 17.1 Å². The summed E-state index contributed by atoms with van der Waals surface area (Å²) in [4.78, 5) is 6.34. The van der Waals surface area contributed by atoms with Gasteiger partial charge in [0.15, 0.2) is 0 Å². The van der Waals surface area contributed by atoms with Gasteiger partial charge in [0.2, 0.25) is 0 Å². The molecule has 2 rings (SSSR count). The first-order valence-electron chi connectivity index (χ1n) is 5.57. The van der Waals surface area contributed by atoms with Crippen molar-refractivity contribution in [2.75, 3.05) is 11.9 Å². The lowest BCUT2D eigenvalue weighted by Gasteiger charge is -2.18. The normalized spacial score (nSPS) is 10.3. The summed E-state index contributed by atoms with van der Waals surface area (Å²) in [6.07, 6.45) is 1.70. The van der Waals surface area contributed by atoms with Gasteiger partial charge in [0.05, 0.1) is 6.61 Å². The lowest BCUT2D eigenvalue weighted by molar-refractivity contribution is 0.281. The number of anilines is 2. The molecular weight excluding hydrogens is 212 g/mol. The van der Waals surface area contributed by atoms with Gasteiger partial charge in [-0.3, -0.25) is 0 Å². The molecule has 0 amide bonds. The maximum atomic E-state index is 8.97. The van der Waals surface area contributed by atoms with Gasteiger partial charge in [-0.05, 0) is 36.2 Å². The standard InChI is InChI=1S/C14H16N2O/c1-11-4-3-5-13(8-11)16(2)14-7-6-12(10-17)9-15-14/h3-9,17H,10H2,1-2H3. The Morgan fingerprint density at radius 1 is 1.24 bits per heavy atom. The van der Waals surface area contributed by atoms with Crippen LogP contribution >= 0.6 is 0 Å². The third-order valence-electron chi connectivity index (χ3n) is 2.72. The molecule has 1 heterocycles. The molecule has 0 spiro atoms. The topological polar surface area (TPSA) is 36.4 Å². The van der Waals surface area contributed by atoms with Gasteiger partial charge in [0, 0.05) is 18.9 Å². The van der Waals surface area contributed by atoms with Gasteiger partial charge in [-0.1, -0.05) is 18.2 Å². The molecule has 0 saturated carbocycles. The van der Waals surface area contributed by atoms with Crippen molar-refractivity contribution < 1.29 is 5.11 Å². The molecule has 2 aromatic rings. The Hall–Kier alpha value is -1.87. The summed E-state index contributed by atoms with van der Waals surface area (Å²) in [6.45, 7) is 2.10. The van der Waals surface area contributed by atoms with Gasteiger partial charge >= 0.3 is 0 Å². The van der Waals surface area contributed by atoms with Gasteiger partial charge < -0.3 is 10.0 Å². The zero-order valence-electron chi connectivity index (χ0n) is 10.1. The highest BCUT2D eigenvalue weighted by Crippen LogP contribution is 2.22. The molecule has 0 radical (unpaired) electrons. The minimum atomic E-state index is 0.0292. The van der Waals surface area contributed by atoms with E-state index in [1.54, 1.807) is 6.20 Å². The number of aliphatic hydroxyl groups excluding tert-OH is 1. The summed E-state index contributed by atoms with van der Waals surface area (Å²) < 4.78 is 0. The molecule has 0 aliphatic heterocycles. The molecule has 0 atom stereocenters. The van der Waals surface area contributed by atoms with Crippen molar-refractivity contribution in [1.82, 2.24) is 4.98 Å². The van der Waals surface area contributed by atoms with Crippen molar-refractivity contribution in [3.63, 3.8) is 0 Å². The maximum absolute atomic E-state index is 8.97. The second-order valence-electron chi connectivity index (χ2n) is 4.08. The van der Waals surface area contributed by atoms with Crippen LogP contribution in [0.1, 0.15) is 11.1 Å². The number of aromatic nitrogens is 1. The number of hydrogen-bond acceptors (Lipinski definition) is 3. The Balaban J connectivity index is 2.27. The molecule has 88 valence electrons. The zero-order chi connectivity index (χ0) is 12.3. The molecule has 17 heavy (non-hydrogen) atoms. The van der Waals surface area contributed by atoms with Gasteiger partial charge in [-0.15, -0.1) is 0 Å². The van der Waals surface area contributed by atoms with Crippen LogP contribution in [0.3, 0.4) is 0 Å². The molecule has 1 aromatic heterocycles. The fraction of sp³-hybridized carbons (Fsp3) is 0.214. The highest BCUT2D eigenvalue weighted by atomic mass is 16.3. The Labute approximate surface area is 101 Å². The summed E-state index contributed by atoms with van der Waals surface area (Å²) >= 11 is 0. The van der Waals surface area contributed by atoms with Crippen LogP contribution < -0.4 is 4.90 Å². The zero-order valence-corrected chi connectivity index (χ0v) is 10.1. The number of benzene rings is 1. The Bertz CT molecular complexity index is 494. The minimum Gasteiger partial charge on any atom is -0.392 e. The summed E-state index contributed by atoms with van der Waals surface area (Å²) in [5.74, 6) is 0.868. The van der Waals surface area contributed by atoms with Crippen LogP contribution in [-0.2, 0) is 6.61 Å². The van der Waals surface area contributed by atoms with E-state index in [1.165, 1.54) is 5.56 Å². The second kappa shape index (κ2) is 4.97. The average Bonchev–Trinajstić information content (AvgIpc) is 2.38. The summed E-state index contributed by atoms with van der Waals surface area (Å²) in [6, 6.07) is 12.1. The van der Waals surface area contributed by atoms with Crippen molar-refractivity contribution >= 4 is 11.5 Å². The highest BCUT2D eigenvalue weighted by Gasteiger charge is 2.04. The van der Waals surface area contributed by atoms with Crippen LogP contribution in [0.25, 0.3) is 0 Å². The smallest absolute Gasteiger partial charge is 0.132 e. The molecule has 0 saturated heterocycles. The van der Waals surface area contributed by atoms with E-state index in [0.29, 0.717) is 0 Å². The van der Waals surface area contributed by atoms with E-state index in [4.69, 9.17) is 5.11 Å². The number of rotatable bonds is 3. The fourth-order valence-electron chi connectivity index (χ4n) is 1.68. The largest absolute Gasteiger partial charge is 0.392 e. The number of nitrogens with zero attached hydrogens (tertiary/aromatic N) is 2. The van der Waals surface area contributed by atoms with E-state index in [9.17, 15) is 0 Å². The quantitative estimate of drug-likeness (QED) is 0.877. The SMILES string of the molecule is Cc1cccc(N(C)c2ccc(CO)cn2)c1. The van der Waals surface area contributed by atoms with Crippen molar-refractivity contribution in [3.8, 4) is 0 Å². The molecule has 1 N–H and O–H groups in total. The van der Waals surface area contributed by atoms with Crippen LogP contribution in [-0.4, -0.2) is 17.1 Å². The van der Waals surface area contributed by atoms with Crippen molar-refractivity contribution in [1.29, 1.82) is 0 Å². The van der Waals surface area contributed by atoms with Gasteiger partial charge in [-0.25, -0.2) is 4.98 Å². The van der Waals surface area contributed by atoms with Crippen LogP contribution in [0.4, 0.5) is 11.5 Å². The summed E-state index contributed by atoms with van der Waals surface area (Å²) in [5, 5.41) is 8.97. The van der Waals surface area contributed by atoms with Gasteiger partial charge in [-0.2, -0.15) is 0 Å². The lowest BCUT2D eigenvalue weighted by atomic mass is 10.2.